The van der Waals surface area contributed by atoms with E-state index in [-0.39, 0.29) is 10.8 Å². The van der Waals surface area contributed by atoms with Crippen LogP contribution in [0.15, 0.2) is 36.4 Å². The Morgan fingerprint density at radius 2 is 1.10 bits per heavy atom. The van der Waals surface area contributed by atoms with E-state index in [0.29, 0.717) is 5.69 Å². The van der Waals surface area contributed by atoms with Crippen LogP contribution >= 0.6 is 0 Å². The molecule has 2 aromatic heterocycles. The van der Waals surface area contributed by atoms with E-state index in [2.05, 4.69) is 94.0 Å². The molecule has 0 spiro atoms. The summed E-state index contributed by atoms with van der Waals surface area (Å²) < 4.78 is 9.45. The highest BCUT2D eigenvalue weighted by atomic mass is 16.5. The molecule has 2 N–H and O–H groups in total. The zero-order valence-electron chi connectivity index (χ0n) is 31.4. The molecule has 0 radical (unpaired) electrons. The van der Waals surface area contributed by atoms with Crippen molar-refractivity contribution < 1.29 is 9.53 Å². The largest absolute Gasteiger partial charge is 0.453 e. The van der Waals surface area contributed by atoms with Crippen LogP contribution in [0.25, 0.3) is 22.1 Å². The number of methoxy groups -OCH3 is 1. The molecule has 2 aromatic carbocycles. The number of carbonyl (C=O) groups is 1. The lowest BCUT2D eigenvalue weighted by Crippen LogP contribution is -2.33. The van der Waals surface area contributed by atoms with Gasteiger partial charge in [-0.05, 0) is 88.3 Å². The Labute approximate surface area is 293 Å². The minimum atomic E-state index is -0.468. The van der Waals surface area contributed by atoms with E-state index in [1.54, 1.807) is 0 Å². The minimum absolute atomic E-state index is 0.0448. The van der Waals surface area contributed by atoms with E-state index in [1.807, 2.05) is 25.2 Å². The fourth-order valence-electron chi connectivity index (χ4n) is 7.11. The number of likely N-dealkylation sites (tertiary alicyclic amines) is 2. The summed E-state index contributed by atoms with van der Waals surface area (Å²) >= 11 is 0. The zero-order chi connectivity index (χ0) is 35.2. The second kappa shape index (κ2) is 15.9. The first-order valence-electron chi connectivity index (χ1n) is 18.4. The summed E-state index contributed by atoms with van der Waals surface area (Å²) in [6.07, 6.45) is 7.59. The van der Waals surface area contributed by atoms with Crippen LogP contribution in [-0.4, -0.2) is 88.4 Å². The Hall–Kier alpha value is -3.63. The highest BCUT2D eigenvalue weighted by Gasteiger charge is 2.25. The SMILES string of the molecule is CNc1ccc2c(c1)nc(C(C)(C)C)n2CCN1CCCCC1.COC(=O)Nc1ccc2c(c1)nc(C(C)(C)C)n2CCN1CCCCC1. The minimum Gasteiger partial charge on any atom is -0.453 e. The van der Waals surface area contributed by atoms with Gasteiger partial charge in [-0.25, -0.2) is 14.8 Å². The van der Waals surface area contributed by atoms with Crippen molar-refractivity contribution in [1.82, 2.24) is 28.9 Å². The number of nitrogens with zero attached hydrogens (tertiary/aromatic N) is 6. The van der Waals surface area contributed by atoms with Crippen molar-refractivity contribution in [2.75, 3.05) is 64.1 Å². The van der Waals surface area contributed by atoms with Gasteiger partial charge in [0.25, 0.3) is 0 Å². The number of aromatic nitrogens is 4. The lowest BCUT2D eigenvalue weighted by Gasteiger charge is -2.28. The molecule has 2 aliphatic heterocycles. The number of fused-ring (bicyclic) bond motifs is 2. The summed E-state index contributed by atoms with van der Waals surface area (Å²) in [7, 11) is 3.32. The highest BCUT2D eigenvalue weighted by molar-refractivity contribution is 5.89. The van der Waals surface area contributed by atoms with Crippen LogP contribution in [0.5, 0.6) is 0 Å². The quantitative estimate of drug-likeness (QED) is 0.197. The number of piperidine rings is 2. The molecule has 0 saturated carbocycles. The number of carbonyl (C=O) groups excluding carboxylic acids is 1. The third-order valence-electron chi connectivity index (χ3n) is 9.74. The molecule has 49 heavy (non-hydrogen) atoms. The highest BCUT2D eigenvalue weighted by Crippen LogP contribution is 2.30. The maximum Gasteiger partial charge on any atom is 0.411 e. The monoisotopic (exact) mass is 672 g/mol. The van der Waals surface area contributed by atoms with Gasteiger partial charge in [-0.3, -0.25) is 5.32 Å². The predicted octanol–water partition coefficient (Wildman–Crippen LogP) is 7.86. The second-order valence-corrected chi connectivity index (χ2v) is 15.8. The van der Waals surface area contributed by atoms with Gasteiger partial charge in [0, 0.05) is 55.4 Å². The molecule has 4 heterocycles. The summed E-state index contributed by atoms with van der Waals surface area (Å²) in [5.74, 6) is 2.28. The third kappa shape index (κ3) is 9.34. The van der Waals surface area contributed by atoms with Crippen molar-refractivity contribution in [2.24, 2.45) is 0 Å². The summed E-state index contributed by atoms with van der Waals surface area (Å²) in [5.41, 5.74) is 6.21. The second-order valence-electron chi connectivity index (χ2n) is 15.8. The average Bonchev–Trinajstić information content (AvgIpc) is 3.65. The van der Waals surface area contributed by atoms with E-state index >= 15 is 0 Å². The number of hydrogen-bond donors (Lipinski definition) is 2. The number of nitrogens with one attached hydrogen (secondary N) is 2. The molecule has 2 fully saturated rings. The van der Waals surface area contributed by atoms with Crippen LogP contribution in [-0.2, 0) is 28.7 Å². The first kappa shape index (κ1) is 36.6. The topological polar surface area (TPSA) is 92.5 Å². The van der Waals surface area contributed by atoms with Crippen molar-refractivity contribution in [1.29, 1.82) is 0 Å². The van der Waals surface area contributed by atoms with Crippen LogP contribution in [0, 0.1) is 0 Å². The smallest absolute Gasteiger partial charge is 0.411 e. The molecule has 2 aliphatic rings. The normalized spacial score (nSPS) is 16.4. The van der Waals surface area contributed by atoms with Gasteiger partial charge in [-0.15, -0.1) is 0 Å². The molecule has 4 aromatic rings. The first-order valence-corrected chi connectivity index (χ1v) is 18.4. The van der Waals surface area contributed by atoms with Crippen LogP contribution in [0.3, 0.4) is 0 Å². The Kier molecular flexibility index (Phi) is 11.9. The van der Waals surface area contributed by atoms with E-state index in [9.17, 15) is 4.79 Å². The number of anilines is 2. The average molecular weight is 673 g/mol. The Bertz CT molecular complexity index is 1680. The van der Waals surface area contributed by atoms with E-state index < -0.39 is 6.09 Å². The number of hydrogen-bond acceptors (Lipinski definition) is 7. The molecule has 0 atom stereocenters. The standard InChI is InChI=1S/C20H30N4O2.C19H30N4/c1-20(2,3)18-22-16-14-15(21-19(25)26-4)8-9-17(16)24(18)13-12-23-10-6-5-7-11-23;1-19(2,3)18-21-16-14-15(20-4)8-9-17(16)23(18)13-12-22-10-6-5-7-11-22/h8-9,14H,5-7,10-13H2,1-4H3,(H,21,25);8-9,14,20H,5-7,10-13H2,1-4H3. The number of ether oxygens (including phenoxy) is 1. The molecule has 10 heteroatoms. The summed E-state index contributed by atoms with van der Waals surface area (Å²) in [6, 6.07) is 12.4. The van der Waals surface area contributed by atoms with Gasteiger partial charge in [0.05, 0.1) is 29.2 Å². The van der Waals surface area contributed by atoms with E-state index in [1.165, 1.54) is 83.2 Å². The maximum absolute atomic E-state index is 11.5. The van der Waals surface area contributed by atoms with Gasteiger partial charge in [0.1, 0.15) is 11.6 Å². The lowest BCUT2D eigenvalue weighted by molar-refractivity contribution is 0.187. The molecule has 0 bridgehead atoms. The molecule has 1 amide bonds. The predicted molar refractivity (Wildman–Crippen MR) is 203 cm³/mol. The number of rotatable bonds is 8. The van der Waals surface area contributed by atoms with Crippen LogP contribution in [0.4, 0.5) is 16.2 Å². The van der Waals surface area contributed by atoms with Gasteiger partial charge in [-0.1, -0.05) is 54.4 Å². The van der Waals surface area contributed by atoms with Gasteiger partial charge < -0.3 is 29.0 Å². The molecule has 0 aliphatic carbocycles. The fraction of sp³-hybridized carbons (Fsp3) is 0.615. The summed E-state index contributed by atoms with van der Waals surface area (Å²) in [6.45, 7) is 22.4. The molecular formula is C39H60N8O2. The van der Waals surface area contributed by atoms with Crippen LogP contribution < -0.4 is 10.6 Å². The molecule has 10 nitrogen and oxygen atoms in total. The summed E-state index contributed by atoms with van der Waals surface area (Å²) in [4.78, 5) is 26.5. The Morgan fingerprint density at radius 3 is 1.51 bits per heavy atom. The zero-order valence-corrected chi connectivity index (χ0v) is 31.4. The Morgan fingerprint density at radius 1 is 0.673 bits per heavy atom. The van der Waals surface area contributed by atoms with Gasteiger partial charge in [-0.2, -0.15) is 0 Å². The Balaban J connectivity index is 0.000000192. The molecule has 6 rings (SSSR count). The molecule has 268 valence electrons. The van der Waals surface area contributed by atoms with Crippen LogP contribution in [0.2, 0.25) is 0 Å². The number of benzene rings is 2. The molecule has 0 unspecified atom stereocenters. The summed E-state index contributed by atoms with van der Waals surface area (Å²) in [5, 5.41) is 5.93. The number of amides is 1. The van der Waals surface area contributed by atoms with Crippen molar-refractivity contribution in [3.63, 3.8) is 0 Å². The van der Waals surface area contributed by atoms with Crippen molar-refractivity contribution in [2.45, 2.75) is 104 Å². The maximum atomic E-state index is 11.5. The lowest BCUT2D eigenvalue weighted by atomic mass is 9.95. The van der Waals surface area contributed by atoms with Crippen molar-refractivity contribution in [3.8, 4) is 0 Å². The van der Waals surface area contributed by atoms with Crippen LogP contribution in [0.1, 0.15) is 91.7 Å². The van der Waals surface area contributed by atoms with E-state index in [0.717, 1.165) is 54.2 Å². The third-order valence-corrected chi connectivity index (χ3v) is 9.74. The first-order chi connectivity index (χ1) is 23.4. The molecular weight excluding hydrogens is 612 g/mol. The van der Waals surface area contributed by atoms with E-state index in [4.69, 9.17) is 9.97 Å². The number of imidazole rings is 2. The fourth-order valence-corrected chi connectivity index (χ4v) is 7.11. The van der Waals surface area contributed by atoms with Crippen molar-refractivity contribution in [3.05, 3.63) is 48.0 Å². The van der Waals surface area contributed by atoms with Gasteiger partial charge >= 0.3 is 6.09 Å². The van der Waals surface area contributed by atoms with Gasteiger partial charge in [0.15, 0.2) is 0 Å². The van der Waals surface area contributed by atoms with Gasteiger partial charge in [0.2, 0.25) is 0 Å². The van der Waals surface area contributed by atoms with Crippen molar-refractivity contribution >= 4 is 39.5 Å². The molecule has 2 saturated heterocycles.